The van der Waals surface area contributed by atoms with Crippen molar-refractivity contribution in [2.75, 3.05) is 25.0 Å². The second-order valence-corrected chi connectivity index (χ2v) is 5.07. The molecule has 6 nitrogen and oxygen atoms in total. The minimum atomic E-state index is -0.939. The van der Waals surface area contributed by atoms with Crippen LogP contribution in [0.2, 0.25) is 0 Å². The Morgan fingerprint density at radius 3 is 2.70 bits per heavy atom. The summed E-state index contributed by atoms with van der Waals surface area (Å²) in [7, 11) is 1.59. The van der Waals surface area contributed by atoms with Crippen molar-refractivity contribution in [1.29, 1.82) is 0 Å². The fourth-order valence-electron chi connectivity index (χ4n) is 2.48. The van der Waals surface area contributed by atoms with E-state index in [1.807, 2.05) is 0 Å². The van der Waals surface area contributed by atoms with Gasteiger partial charge in [0.15, 0.2) is 0 Å². The molecule has 1 heterocycles. The first-order chi connectivity index (χ1) is 9.41. The molecule has 2 atom stereocenters. The normalized spacial score (nSPS) is 18.6. The van der Waals surface area contributed by atoms with E-state index in [9.17, 15) is 19.8 Å². The van der Waals surface area contributed by atoms with E-state index in [2.05, 4.69) is 0 Å². The van der Waals surface area contributed by atoms with E-state index in [0.29, 0.717) is 11.3 Å². The number of carbonyl (C=O) groups excluding carboxylic acids is 1. The quantitative estimate of drug-likeness (QED) is 0.867. The Hall–Kier alpha value is -2.08. The summed E-state index contributed by atoms with van der Waals surface area (Å²) in [6.45, 7) is 1.93. The lowest BCUT2D eigenvalue weighted by Crippen LogP contribution is -2.43. The van der Waals surface area contributed by atoms with Crippen LogP contribution in [-0.4, -0.2) is 53.4 Å². The third-order valence-corrected chi connectivity index (χ3v) is 3.36. The number of carbonyl (C=O) groups is 2. The summed E-state index contributed by atoms with van der Waals surface area (Å²) in [6, 6.07) is 6.71. The van der Waals surface area contributed by atoms with Crippen molar-refractivity contribution >= 4 is 17.7 Å². The van der Waals surface area contributed by atoms with Gasteiger partial charge in [-0.15, -0.1) is 0 Å². The van der Waals surface area contributed by atoms with Gasteiger partial charge in [-0.1, -0.05) is 18.2 Å². The van der Waals surface area contributed by atoms with Gasteiger partial charge in [0.2, 0.25) is 0 Å². The molecule has 0 radical (unpaired) electrons. The number of benzene rings is 1. The molecule has 2 rings (SSSR count). The minimum absolute atomic E-state index is 0.123. The predicted molar refractivity (Wildman–Crippen MR) is 73.9 cm³/mol. The van der Waals surface area contributed by atoms with Gasteiger partial charge < -0.3 is 15.1 Å². The van der Waals surface area contributed by atoms with E-state index in [4.69, 9.17) is 0 Å². The number of hydrogen-bond donors (Lipinski definition) is 2. The number of amides is 2. The topological polar surface area (TPSA) is 81.1 Å². The summed E-state index contributed by atoms with van der Waals surface area (Å²) in [5, 5.41) is 18.6. The number of anilines is 1. The first-order valence-electron chi connectivity index (χ1n) is 6.44. The molecular formula is C14H18N2O4. The SMILES string of the molecule is CC(O)CN(C)C(=O)N1CC(C(=O)O)c2ccccc21. The van der Waals surface area contributed by atoms with Crippen LogP contribution >= 0.6 is 0 Å². The number of carboxylic acids is 1. The zero-order valence-electron chi connectivity index (χ0n) is 11.5. The van der Waals surface area contributed by atoms with Gasteiger partial charge in [0.05, 0.1) is 6.10 Å². The van der Waals surface area contributed by atoms with Crippen LogP contribution < -0.4 is 4.90 Å². The minimum Gasteiger partial charge on any atom is -0.481 e. The molecule has 2 unspecified atom stereocenters. The zero-order valence-corrected chi connectivity index (χ0v) is 11.5. The number of nitrogens with zero attached hydrogens (tertiary/aromatic N) is 2. The van der Waals surface area contributed by atoms with Gasteiger partial charge >= 0.3 is 12.0 Å². The van der Waals surface area contributed by atoms with Crippen LogP contribution in [0.25, 0.3) is 0 Å². The standard InChI is InChI=1S/C14H18N2O4/c1-9(17)7-15(2)14(20)16-8-11(13(18)19)10-5-3-4-6-12(10)16/h3-6,9,11,17H,7-8H2,1-2H3,(H,18,19). The number of aliphatic carboxylic acids is 1. The van der Waals surface area contributed by atoms with Gasteiger partial charge in [0.25, 0.3) is 0 Å². The highest BCUT2D eigenvalue weighted by Crippen LogP contribution is 2.36. The molecule has 2 amide bonds. The summed E-state index contributed by atoms with van der Waals surface area (Å²) >= 11 is 0. The van der Waals surface area contributed by atoms with Crippen molar-refractivity contribution in [1.82, 2.24) is 4.90 Å². The number of likely N-dealkylation sites (N-methyl/N-ethyl adjacent to an activating group) is 1. The molecule has 0 spiro atoms. The molecule has 20 heavy (non-hydrogen) atoms. The van der Waals surface area contributed by atoms with Gasteiger partial charge in [0, 0.05) is 25.8 Å². The number of aliphatic hydroxyl groups is 1. The fraction of sp³-hybridized carbons (Fsp3) is 0.429. The van der Waals surface area contributed by atoms with Crippen LogP contribution in [-0.2, 0) is 4.79 Å². The molecule has 0 aromatic heterocycles. The average molecular weight is 278 g/mol. The Kier molecular flexibility index (Phi) is 3.94. The van der Waals surface area contributed by atoms with E-state index in [-0.39, 0.29) is 19.1 Å². The van der Waals surface area contributed by atoms with Crippen LogP contribution in [0.3, 0.4) is 0 Å². The third-order valence-electron chi connectivity index (χ3n) is 3.36. The molecule has 1 aliphatic heterocycles. The van der Waals surface area contributed by atoms with Crippen molar-refractivity contribution in [2.45, 2.75) is 18.9 Å². The van der Waals surface area contributed by atoms with Crippen LogP contribution in [0.4, 0.5) is 10.5 Å². The highest BCUT2D eigenvalue weighted by Gasteiger charge is 2.37. The number of urea groups is 1. The van der Waals surface area contributed by atoms with Crippen LogP contribution in [0.1, 0.15) is 18.4 Å². The molecule has 0 saturated carbocycles. The molecule has 0 saturated heterocycles. The Labute approximate surface area is 117 Å². The van der Waals surface area contributed by atoms with Crippen LogP contribution in [0, 0.1) is 0 Å². The maximum Gasteiger partial charge on any atom is 0.324 e. The lowest BCUT2D eigenvalue weighted by molar-refractivity contribution is -0.138. The molecule has 0 aliphatic carbocycles. The first kappa shape index (κ1) is 14.3. The zero-order chi connectivity index (χ0) is 14.9. The fourth-order valence-corrected chi connectivity index (χ4v) is 2.48. The Morgan fingerprint density at radius 1 is 1.45 bits per heavy atom. The van der Waals surface area contributed by atoms with Crippen molar-refractivity contribution in [3.8, 4) is 0 Å². The number of hydrogen-bond acceptors (Lipinski definition) is 3. The average Bonchev–Trinajstić information content (AvgIpc) is 2.76. The van der Waals surface area contributed by atoms with E-state index >= 15 is 0 Å². The smallest absolute Gasteiger partial charge is 0.324 e. The largest absolute Gasteiger partial charge is 0.481 e. The molecule has 1 aliphatic rings. The van der Waals surface area contributed by atoms with Gasteiger partial charge in [0.1, 0.15) is 5.92 Å². The molecule has 2 N–H and O–H groups in total. The summed E-state index contributed by atoms with van der Waals surface area (Å²) in [5.41, 5.74) is 1.28. The molecule has 1 aromatic rings. The third kappa shape index (κ3) is 2.60. The number of para-hydroxylation sites is 1. The second-order valence-electron chi connectivity index (χ2n) is 5.07. The molecule has 1 aromatic carbocycles. The van der Waals surface area contributed by atoms with E-state index in [1.54, 1.807) is 38.2 Å². The van der Waals surface area contributed by atoms with Gasteiger partial charge in [-0.05, 0) is 18.6 Å². The van der Waals surface area contributed by atoms with Crippen molar-refractivity contribution in [3.05, 3.63) is 29.8 Å². The lowest BCUT2D eigenvalue weighted by Gasteiger charge is -2.26. The molecule has 0 bridgehead atoms. The van der Waals surface area contributed by atoms with Crippen molar-refractivity contribution in [3.63, 3.8) is 0 Å². The lowest BCUT2D eigenvalue weighted by atomic mass is 10.0. The summed E-state index contributed by atoms with van der Waals surface area (Å²) in [4.78, 5) is 26.5. The molecule has 6 heteroatoms. The molecule has 108 valence electrons. The Balaban J connectivity index is 2.26. The van der Waals surface area contributed by atoms with E-state index < -0.39 is 18.0 Å². The maximum atomic E-state index is 12.4. The second kappa shape index (κ2) is 5.50. The predicted octanol–water partition coefficient (Wildman–Crippen LogP) is 1.11. The number of fused-ring (bicyclic) bond motifs is 1. The van der Waals surface area contributed by atoms with E-state index in [1.165, 1.54) is 9.80 Å². The first-order valence-corrected chi connectivity index (χ1v) is 6.44. The molecular weight excluding hydrogens is 260 g/mol. The highest BCUT2D eigenvalue weighted by atomic mass is 16.4. The Bertz CT molecular complexity index is 530. The Morgan fingerprint density at radius 2 is 2.10 bits per heavy atom. The maximum absolute atomic E-state index is 12.4. The van der Waals surface area contributed by atoms with E-state index in [0.717, 1.165) is 0 Å². The molecule has 0 fully saturated rings. The summed E-state index contributed by atoms with van der Waals surface area (Å²) < 4.78 is 0. The number of carboxylic acid groups (broad SMARTS) is 1. The monoisotopic (exact) mass is 278 g/mol. The summed E-state index contributed by atoms with van der Waals surface area (Å²) in [6.07, 6.45) is -0.628. The summed E-state index contributed by atoms with van der Waals surface area (Å²) in [5.74, 6) is -1.64. The number of rotatable bonds is 3. The van der Waals surface area contributed by atoms with Crippen LogP contribution in [0.15, 0.2) is 24.3 Å². The van der Waals surface area contributed by atoms with Gasteiger partial charge in [-0.25, -0.2) is 4.79 Å². The van der Waals surface area contributed by atoms with Crippen LogP contribution in [0.5, 0.6) is 0 Å². The van der Waals surface area contributed by atoms with Gasteiger partial charge in [-0.3, -0.25) is 9.69 Å². The van der Waals surface area contributed by atoms with Crippen molar-refractivity contribution < 1.29 is 19.8 Å². The van der Waals surface area contributed by atoms with Gasteiger partial charge in [-0.2, -0.15) is 0 Å². The highest BCUT2D eigenvalue weighted by molar-refractivity contribution is 5.97. The van der Waals surface area contributed by atoms with Crippen molar-refractivity contribution in [2.24, 2.45) is 0 Å². The number of aliphatic hydroxyl groups excluding tert-OH is 1.